The topological polar surface area (TPSA) is 44.9 Å². The van der Waals surface area contributed by atoms with Gasteiger partial charge >= 0.3 is 0 Å². The van der Waals surface area contributed by atoms with E-state index in [0.717, 1.165) is 35.9 Å². The van der Waals surface area contributed by atoms with Crippen LogP contribution in [0.25, 0.3) is 10.9 Å². The van der Waals surface area contributed by atoms with Crippen molar-refractivity contribution in [1.82, 2.24) is 10.3 Å². The highest BCUT2D eigenvalue weighted by molar-refractivity contribution is 6.30. The molecule has 4 rings (SSSR count). The minimum atomic E-state index is -0.244. The number of H-pyrrole nitrogens is 1. The maximum absolute atomic E-state index is 13.4. The van der Waals surface area contributed by atoms with Crippen molar-refractivity contribution in [3.63, 3.8) is 0 Å². The smallest absolute Gasteiger partial charge is 0.251 e. The van der Waals surface area contributed by atoms with Crippen LogP contribution in [0.5, 0.6) is 0 Å². The maximum atomic E-state index is 13.4. The van der Waals surface area contributed by atoms with Gasteiger partial charge < -0.3 is 10.3 Å². The fourth-order valence-corrected chi connectivity index (χ4v) is 3.61. The summed E-state index contributed by atoms with van der Waals surface area (Å²) in [7, 11) is 0. The fraction of sp³-hybridized carbons (Fsp3) is 0.211. The molecule has 1 unspecified atom stereocenters. The van der Waals surface area contributed by atoms with Gasteiger partial charge in [-0.15, -0.1) is 0 Å². The summed E-state index contributed by atoms with van der Waals surface area (Å²) in [5.74, 6) is -0.358. The first-order valence-electron chi connectivity index (χ1n) is 7.95. The summed E-state index contributed by atoms with van der Waals surface area (Å²) in [5, 5.41) is 4.67. The standard InChI is InChI=1S/C19H16ClFN2O/c20-12-3-1-2-11(8-12)19(24)22-14-5-7-17-16(10-14)15-6-4-13(21)9-18(15)23-17/h1-4,6,8-9,14,23H,5,7,10H2,(H,22,24). The molecule has 0 spiro atoms. The molecule has 0 saturated carbocycles. The van der Waals surface area contributed by atoms with Crippen molar-refractivity contribution in [2.24, 2.45) is 0 Å². The quantitative estimate of drug-likeness (QED) is 0.718. The Bertz CT molecular complexity index is 934. The largest absolute Gasteiger partial charge is 0.358 e. The summed E-state index contributed by atoms with van der Waals surface area (Å²) in [5.41, 5.74) is 3.70. The minimum absolute atomic E-state index is 0.0630. The van der Waals surface area contributed by atoms with E-state index in [4.69, 9.17) is 11.6 Å². The van der Waals surface area contributed by atoms with Crippen molar-refractivity contribution in [1.29, 1.82) is 0 Å². The summed E-state index contributed by atoms with van der Waals surface area (Å²) in [6, 6.07) is 11.8. The first-order chi connectivity index (χ1) is 11.6. The number of hydrogen-bond donors (Lipinski definition) is 2. The molecule has 0 bridgehead atoms. The average Bonchev–Trinajstić information content (AvgIpc) is 2.91. The molecule has 1 atom stereocenters. The van der Waals surface area contributed by atoms with Crippen LogP contribution in [0.15, 0.2) is 42.5 Å². The van der Waals surface area contributed by atoms with E-state index in [1.807, 2.05) is 0 Å². The van der Waals surface area contributed by atoms with Crippen molar-refractivity contribution < 1.29 is 9.18 Å². The molecule has 2 aromatic carbocycles. The summed E-state index contributed by atoms with van der Waals surface area (Å²) in [6.45, 7) is 0. The van der Waals surface area contributed by atoms with Gasteiger partial charge in [0.2, 0.25) is 0 Å². The Kier molecular flexibility index (Phi) is 3.77. The summed E-state index contributed by atoms with van der Waals surface area (Å²) in [4.78, 5) is 15.7. The summed E-state index contributed by atoms with van der Waals surface area (Å²) in [6.07, 6.45) is 2.44. The number of rotatable bonds is 2. The van der Waals surface area contributed by atoms with Gasteiger partial charge in [0.15, 0.2) is 0 Å². The van der Waals surface area contributed by atoms with Crippen LogP contribution >= 0.6 is 11.6 Å². The van der Waals surface area contributed by atoms with Gasteiger partial charge in [-0.3, -0.25) is 4.79 Å². The van der Waals surface area contributed by atoms with E-state index in [9.17, 15) is 9.18 Å². The van der Waals surface area contributed by atoms with E-state index >= 15 is 0 Å². The third-order valence-electron chi connectivity index (χ3n) is 4.57. The van der Waals surface area contributed by atoms with Crippen LogP contribution in [0, 0.1) is 5.82 Å². The van der Waals surface area contributed by atoms with Crippen molar-refractivity contribution in [2.75, 3.05) is 0 Å². The molecule has 5 heteroatoms. The zero-order valence-corrected chi connectivity index (χ0v) is 13.7. The normalized spacial score (nSPS) is 16.8. The number of halogens is 2. The lowest BCUT2D eigenvalue weighted by Crippen LogP contribution is -2.38. The Morgan fingerprint density at radius 2 is 2.12 bits per heavy atom. The van der Waals surface area contributed by atoms with E-state index in [0.29, 0.717) is 10.6 Å². The van der Waals surface area contributed by atoms with Gasteiger partial charge in [0.1, 0.15) is 5.82 Å². The van der Waals surface area contributed by atoms with E-state index in [1.165, 1.54) is 17.7 Å². The number of carbonyl (C=O) groups excluding carboxylic acids is 1. The summed E-state index contributed by atoms with van der Waals surface area (Å²) < 4.78 is 13.4. The number of aromatic amines is 1. The first kappa shape index (κ1) is 15.2. The zero-order valence-electron chi connectivity index (χ0n) is 12.9. The van der Waals surface area contributed by atoms with Crippen LogP contribution in [-0.4, -0.2) is 16.9 Å². The van der Waals surface area contributed by atoms with Gasteiger partial charge in [0, 0.05) is 33.2 Å². The van der Waals surface area contributed by atoms with Crippen molar-refractivity contribution in [3.05, 3.63) is 70.1 Å². The number of hydrogen-bond acceptors (Lipinski definition) is 1. The number of aromatic nitrogens is 1. The van der Waals surface area contributed by atoms with Gasteiger partial charge in [-0.25, -0.2) is 4.39 Å². The molecule has 2 N–H and O–H groups in total. The Labute approximate surface area is 143 Å². The van der Waals surface area contributed by atoms with Crippen molar-refractivity contribution in [3.8, 4) is 0 Å². The van der Waals surface area contributed by atoms with Gasteiger partial charge in [-0.1, -0.05) is 17.7 Å². The van der Waals surface area contributed by atoms with Crippen molar-refractivity contribution in [2.45, 2.75) is 25.3 Å². The van der Waals surface area contributed by atoms with E-state index < -0.39 is 0 Å². The second-order valence-corrected chi connectivity index (χ2v) is 6.63. The van der Waals surface area contributed by atoms with Gasteiger partial charge in [-0.2, -0.15) is 0 Å². The number of fused-ring (bicyclic) bond motifs is 3. The molecule has 3 nitrogen and oxygen atoms in total. The second kappa shape index (κ2) is 5.95. The van der Waals surface area contributed by atoms with Gasteiger partial charge in [0.05, 0.1) is 0 Å². The Morgan fingerprint density at radius 3 is 2.96 bits per heavy atom. The van der Waals surface area contributed by atoms with E-state index in [1.54, 1.807) is 30.3 Å². The number of nitrogens with one attached hydrogen (secondary N) is 2. The lowest BCUT2D eigenvalue weighted by Gasteiger charge is -2.23. The average molecular weight is 343 g/mol. The lowest BCUT2D eigenvalue weighted by atomic mass is 9.91. The van der Waals surface area contributed by atoms with E-state index in [2.05, 4.69) is 10.3 Å². The molecule has 0 fully saturated rings. The third-order valence-corrected chi connectivity index (χ3v) is 4.81. The van der Waals surface area contributed by atoms with Crippen LogP contribution in [-0.2, 0) is 12.8 Å². The zero-order chi connectivity index (χ0) is 16.7. The highest BCUT2D eigenvalue weighted by Crippen LogP contribution is 2.29. The van der Waals surface area contributed by atoms with Gasteiger partial charge in [-0.05, 0) is 61.2 Å². The molecule has 1 aliphatic carbocycles. The minimum Gasteiger partial charge on any atom is -0.358 e. The molecule has 1 aromatic heterocycles. The molecule has 1 amide bonds. The number of aryl methyl sites for hydroxylation is 1. The number of amides is 1. The van der Waals surface area contributed by atoms with Crippen LogP contribution < -0.4 is 5.32 Å². The summed E-state index contributed by atoms with van der Waals surface area (Å²) >= 11 is 5.95. The molecule has 0 saturated heterocycles. The number of benzene rings is 2. The highest BCUT2D eigenvalue weighted by Gasteiger charge is 2.24. The Balaban J connectivity index is 1.56. The molecule has 1 heterocycles. The predicted octanol–water partition coefficient (Wildman–Crippen LogP) is 4.25. The van der Waals surface area contributed by atoms with Gasteiger partial charge in [0.25, 0.3) is 5.91 Å². The molecule has 24 heavy (non-hydrogen) atoms. The number of carbonyl (C=O) groups is 1. The molecule has 3 aromatic rings. The predicted molar refractivity (Wildman–Crippen MR) is 93.0 cm³/mol. The highest BCUT2D eigenvalue weighted by atomic mass is 35.5. The molecule has 0 aliphatic heterocycles. The van der Waals surface area contributed by atoms with Crippen LogP contribution in [0.1, 0.15) is 28.0 Å². The monoisotopic (exact) mass is 342 g/mol. The van der Waals surface area contributed by atoms with Crippen LogP contribution in [0.4, 0.5) is 4.39 Å². The SMILES string of the molecule is O=C(NC1CCc2[nH]c3cc(F)ccc3c2C1)c1cccc(Cl)c1. The lowest BCUT2D eigenvalue weighted by molar-refractivity contribution is 0.0933. The fourth-order valence-electron chi connectivity index (χ4n) is 3.42. The first-order valence-corrected chi connectivity index (χ1v) is 8.33. The van der Waals surface area contributed by atoms with Crippen LogP contribution in [0.2, 0.25) is 5.02 Å². The van der Waals surface area contributed by atoms with Crippen LogP contribution in [0.3, 0.4) is 0 Å². The second-order valence-electron chi connectivity index (χ2n) is 6.20. The Morgan fingerprint density at radius 1 is 1.25 bits per heavy atom. The molecule has 0 radical (unpaired) electrons. The third kappa shape index (κ3) is 2.78. The van der Waals surface area contributed by atoms with E-state index in [-0.39, 0.29) is 17.8 Å². The molecule has 1 aliphatic rings. The Hall–Kier alpha value is -2.33. The molecule has 122 valence electrons. The maximum Gasteiger partial charge on any atom is 0.251 e. The molecular weight excluding hydrogens is 327 g/mol. The van der Waals surface area contributed by atoms with Crippen molar-refractivity contribution >= 4 is 28.4 Å². The molecular formula is C19H16ClFN2O.